The van der Waals surface area contributed by atoms with Gasteiger partial charge in [0.25, 0.3) is 0 Å². The second-order valence-corrected chi connectivity index (χ2v) is 5.17. The molecule has 0 unspecified atom stereocenters. The molecule has 0 aromatic carbocycles. The predicted octanol–water partition coefficient (Wildman–Crippen LogP) is -1.10. The van der Waals surface area contributed by atoms with E-state index in [1.54, 1.807) is 0 Å². The number of halogens is 1. The van der Waals surface area contributed by atoms with Gasteiger partial charge in [-0.2, -0.15) is 0 Å². The molecule has 0 spiro atoms. The van der Waals surface area contributed by atoms with Gasteiger partial charge in [0.2, 0.25) is 17.7 Å². The Morgan fingerprint density at radius 2 is 1.95 bits per heavy atom. The van der Waals surface area contributed by atoms with Crippen molar-refractivity contribution in [3.63, 3.8) is 0 Å². The summed E-state index contributed by atoms with van der Waals surface area (Å²) in [6.45, 7) is 4.52. The van der Waals surface area contributed by atoms with Crippen molar-refractivity contribution >= 4 is 30.1 Å². The Balaban J connectivity index is 0.00000361. The van der Waals surface area contributed by atoms with Crippen LogP contribution in [0.25, 0.3) is 0 Å². The molecule has 20 heavy (non-hydrogen) atoms. The van der Waals surface area contributed by atoms with Crippen LogP contribution < -0.4 is 21.7 Å². The fraction of sp³-hybridized carbons (Fsp3) is 0.750. The number of primary amides is 1. The van der Waals surface area contributed by atoms with Gasteiger partial charge in [-0.05, 0) is 25.3 Å². The van der Waals surface area contributed by atoms with Gasteiger partial charge < -0.3 is 21.7 Å². The summed E-state index contributed by atoms with van der Waals surface area (Å²) >= 11 is 0. The molecular weight excluding hydrogens is 284 g/mol. The number of hydrogen-bond acceptors (Lipinski definition) is 4. The molecule has 1 aliphatic rings. The maximum Gasteiger partial charge on any atom is 0.243 e. The van der Waals surface area contributed by atoms with Crippen molar-refractivity contribution < 1.29 is 14.4 Å². The van der Waals surface area contributed by atoms with Crippen molar-refractivity contribution in [2.24, 2.45) is 11.7 Å². The molecule has 1 rings (SSSR count). The highest BCUT2D eigenvalue weighted by atomic mass is 35.5. The van der Waals surface area contributed by atoms with Gasteiger partial charge in [-0.3, -0.25) is 14.4 Å². The first kappa shape index (κ1) is 18.7. The summed E-state index contributed by atoms with van der Waals surface area (Å²) in [6.07, 6.45) is 1.30. The standard InChI is InChI=1S/C12H22N4O3.ClH/c1-7(2)5-9(11(18)15-6-10(13)17)16-12(19)8-3-4-14-8;/h7-9,14H,3-6H2,1-2H3,(H2,13,17)(H,15,18)(H,16,19);1H/t8-,9-;/m0./s1. The SMILES string of the molecule is CC(C)C[C@H](NC(=O)[C@@H]1CCN1)C(=O)NCC(N)=O.Cl. The molecular formula is C12H23ClN4O3. The number of amides is 3. The fourth-order valence-electron chi connectivity index (χ4n) is 1.79. The lowest BCUT2D eigenvalue weighted by molar-refractivity contribution is -0.131. The number of hydrogen-bond donors (Lipinski definition) is 4. The van der Waals surface area contributed by atoms with Crippen LogP contribution in [0, 0.1) is 5.92 Å². The molecule has 5 N–H and O–H groups in total. The first-order chi connectivity index (χ1) is 8.90. The summed E-state index contributed by atoms with van der Waals surface area (Å²) < 4.78 is 0. The zero-order valence-corrected chi connectivity index (χ0v) is 12.6. The van der Waals surface area contributed by atoms with E-state index >= 15 is 0 Å². The smallest absolute Gasteiger partial charge is 0.243 e. The Morgan fingerprint density at radius 3 is 2.35 bits per heavy atom. The zero-order valence-electron chi connectivity index (χ0n) is 11.8. The normalized spacial score (nSPS) is 18.4. The molecule has 7 nitrogen and oxygen atoms in total. The van der Waals surface area contributed by atoms with Crippen LogP contribution in [0.15, 0.2) is 0 Å². The maximum absolute atomic E-state index is 11.9. The van der Waals surface area contributed by atoms with Crippen LogP contribution in [-0.4, -0.2) is 42.9 Å². The van der Waals surface area contributed by atoms with Gasteiger partial charge in [-0.15, -0.1) is 12.4 Å². The predicted molar refractivity (Wildman–Crippen MR) is 77.2 cm³/mol. The molecule has 1 fully saturated rings. The maximum atomic E-state index is 11.9. The Bertz CT molecular complexity index is 359. The Kier molecular flexibility index (Phi) is 8.17. The van der Waals surface area contributed by atoms with Crippen molar-refractivity contribution in [2.45, 2.75) is 38.8 Å². The molecule has 0 aromatic heterocycles. The average molecular weight is 307 g/mol. The van der Waals surface area contributed by atoms with Gasteiger partial charge in [0.05, 0.1) is 12.6 Å². The molecule has 1 heterocycles. The van der Waals surface area contributed by atoms with Crippen molar-refractivity contribution in [2.75, 3.05) is 13.1 Å². The number of nitrogens with two attached hydrogens (primary N) is 1. The number of carbonyl (C=O) groups excluding carboxylic acids is 3. The lowest BCUT2D eigenvalue weighted by atomic mass is 10.0. The average Bonchev–Trinajstić information content (AvgIpc) is 2.21. The van der Waals surface area contributed by atoms with E-state index in [9.17, 15) is 14.4 Å². The fourth-order valence-corrected chi connectivity index (χ4v) is 1.79. The quantitative estimate of drug-likeness (QED) is 0.478. The van der Waals surface area contributed by atoms with E-state index in [1.807, 2.05) is 13.8 Å². The van der Waals surface area contributed by atoms with Gasteiger partial charge in [-0.1, -0.05) is 13.8 Å². The highest BCUT2D eigenvalue weighted by Crippen LogP contribution is 2.07. The van der Waals surface area contributed by atoms with Crippen LogP contribution in [0.2, 0.25) is 0 Å². The summed E-state index contributed by atoms with van der Waals surface area (Å²) in [5, 5.41) is 8.10. The van der Waals surface area contributed by atoms with Gasteiger partial charge in [-0.25, -0.2) is 0 Å². The third kappa shape index (κ3) is 6.21. The van der Waals surface area contributed by atoms with Gasteiger partial charge >= 0.3 is 0 Å². The number of carbonyl (C=O) groups is 3. The second kappa shape index (κ2) is 8.76. The van der Waals surface area contributed by atoms with Crippen molar-refractivity contribution in [3.8, 4) is 0 Å². The molecule has 1 saturated heterocycles. The lowest BCUT2D eigenvalue weighted by Crippen LogP contribution is -2.58. The molecule has 0 aromatic rings. The number of rotatable bonds is 7. The third-order valence-corrected chi connectivity index (χ3v) is 2.92. The van der Waals surface area contributed by atoms with E-state index in [4.69, 9.17) is 5.73 Å². The third-order valence-electron chi connectivity index (χ3n) is 2.92. The topological polar surface area (TPSA) is 113 Å². The van der Waals surface area contributed by atoms with Crippen LogP contribution in [0.1, 0.15) is 26.7 Å². The summed E-state index contributed by atoms with van der Waals surface area (Å²) in [6, 6.07) is -0.840. The van der Waals surface area contributed by atoms with Crippen molar-refractivity contribution in [1.82, 2.24) is 16.0 Å². The van der Waals surface area contributed by atoms with E-state index in [0.29, 0.717) is 6.42 Å². The van der Waals surface area contributed by atoms with Crippen molar-refractivity contribution in [3.05, 3.63) is 0 Å². The minimum atomic E-state index is -0.630. The molecule has 0 radical (unpaired) electrons. The zero-order chi connectivity index (χ0) is 14.4. The van der Waals surface area contributed by atoms with Crippen LogP contribution in [0.3, 0.4) is 0 Å². The van der Waals surface area contributed by atoms with Crippen LogP contribution >= 0.6 is 12.4 Å². The monoisotopic (exact) mass is 306 g/mol. The van der Waals surface area contributed by atoms with E-state index in [1.165, 1.54) is 0 Å². The van der Waals surface area contributed by atoms with Gasteiger partial charge in [0, 0.05) is 0 Å². The lowest BCUT2D eigenvalue weighted by Gasteiger charge is -2.29. The Morgan fingerprint density at radius 1 is 1.35 bits per heavy atom. The van der Waals surface area contributed by atoms with E-state index in [0.717, 1.165) is 13.0 Å². The number of nitrogens with one attached hydrogen (secondary N) is 3. The first-order valence-corrected chi connectivity index (χ1v) is 6.50. The summed E-state index contributed by atoms with van der Waals surface area (Å²) in [5.41, 5.74) is 4.97. The molecule has 2 atom stereocenters. The summed E-state index contributed by atoms with van der Waals surface area (Å²) in [7, 11) is 0. The highest BCUT2D eigenvalue weighted by molar-refractivity contribution is 5.91. The Labute approximate surface area is 124 Å². The van der Waals surface area contributed by atoms with E-state index in [-0.39, 0.29) is 42.7 Å². The van der Waals surface area contributed by atoms with Gasteiger partial charge in [0.1, 0.15) is 6.04 Å². The molecule has 1 aliphatic heterocycles. The minimum Gasteiger partial charge on any atom is -0.368 e. The minimum absolute atomic E-state index is 0. The second-order valence-electron chi connectivity index (χ2n) is 5.17. The summed E-state index contributed by atoms with van der Waals surface area (Å²) in [5.74, 6) is -0.908. The molecule has 116 valence electrons. The highest BCUT2D eigenvalue weighted by Gasteiger charge is 2.29. The van der Waals surface area contributed by atoms with E-state index < -0.39 is 11.9 Å². The van der Waals surface area contributed by atoms with Crippen LogP contribution in [0.5, 0.6) is 0 Å². The van der Waals surface area contributed by atoms with E-state index in [2.05, 4.69) is 16.0 Å². The van der Waals surface area contributed by atoms with Crippen LogP contribution in [-0.2, 0) is 14.4 Å². The largest absolute Gasteiger partial charge is 0.368 e. The first-order valence-electron chi connectivity index (χ1n) is 6.50. The molecule has 3 amide bonds. The molecule has 0 bridgehead atoms. The molecule has 8 heteroatoms. The van der Waals surface area contributed by atoms with Crippen molar-refractivity contribution in [1.29, 1.82) is 0 Å². The Hall–Kier alpha value is -1.34. The molecule has 0 saturated carbocycles. The van der Waals surface area contributed by atoms with Crippen LogP contribution in [0.4, 0.5) is 0 Å². The summed E-state index contributed by atoms with van der Waals surface area (Å²) in [4.78, 5) is 34.4. The molecule has 0 aliphatic carbocycles. The van der Waals surface area contributed by atoms with Gasteiger partial charge in [0.15, 0.2) is 0 Å².